The summed E-state index contributed by atoms with van der Waals surface area (Å²) in [7, 11) is 1.67. The number of anilines is 2. The second-order valence-corrected chi connectivity index (χ2v) is 6.89. The van der Waals surface area contributed by atoms with E-state index in [0.717, 1.165) is 30.2 Å². The van der Waals surface area contributed by atoms with Crippen LogP contribution in [0, 0.1) is 6.92 Å². The molecular weight excluding hydrogens is 370 g/mol. The third-order valence-corrected chi connectivity index (χ3v) is 4.81. The molecule has 1 aromatic carbocycles. The van der Waals surface area contributed by atoms with Gasteiger partial charge in [0.15, 0.2) is 0 Å². The van der Waals surface area contributed by atoms with Gasteiger partial charge in [-0.15, -0.1) is 0 Å². The molecule has 1 aliphatic heterocycles. The van der Waals surface area contributed by atoms with Crippen molar-refractivity contribution in [2.45, 2.75) is 20.3 Å². The number of ether oxygens (including phenoxy) is 2. The lowest BCUT2D eigenvalue weighted by Crippen LogP contribution is -2.49. The molecule has 8 nitrogen and oxygen atoms in total. The van der Waals surface area contributed by atoms with Gasteiger partial charge in [-0.3, -0.25) is 0 Å². The number of nitrogens with zero attached hydrogens (tertiary/aromatic N) is 4. The van der Waals surface area contributed by atoms with Gasteiger partial charge in [-0.25, -0.2) is 9.78 Å². The number of methoxy groups -OCH3 is 1. The number of amides is 1. The van der Waals surface area contributed by atoms with Gasteiger partial charge in [0.05, 0.1) is 13.7 Å². The van der Waals surface area contributed by atoms with E-state index >= 15 is 0 Å². The monoisotopic (exact) mass is 399 g/mol. The predicted octanol–water partition coefficient (Wildman–Crippen LogP) is 2.73. The summed E-state index contributed by atoms with van der Waals surface area (Å²) >= 11 is 0. The van der Waals surface area contributed by atoms with Gasteiger partial charge in [-0.1, -0.05) is 12.1 Å². The fourth-order valence-electron chi connectivity index (χ4n) is 3.22. The molecule has 8 heteroatoms. The van der Waals surface area contributed by atoms with E-state index in [1.54, 1.807) is 12.0 Å². The molecule has 1 aliphatic rings. The number of aromatic nitrogens is 2. The van der Waals surface area contributed by atoms with Crippen LogP contribution in [0.5, 0.6) is 5.75 Å². The molecule has 0 saturated carbocycles. The van der Waals surface area contributed by atoms with Gasteiger partial charge in [0, 0.05) is 44.5 Å². The quantitative estimate of drug-likeness (QED) is 0.767. The van der Waals surface area contributed by atoms with Gasteiger partial charge in [-0.05, 0) is 38.0 Å². The maximum Gasteiger partial charge on any atom is 0.409 e. The lowest BCUT2D eigenvalue weighted by atomic mass is 10.1. The molecule has 1 aromatic heterocycles. The average molecular weight is 399 g/mol. The summed E-state index contributed by atoms with van der Waals surface area (Å²) in [5.74, 6) is 2.37. The smallest absolute Gasteiger partial charge is 0.409 e. The van der Waals surface area contributed by atoms with Crippen molar-refractivity contribution in [1.29, 1.82) is 0 Å². The fourth-order valence-corrected chi connectivity index (χ4v) is 3.22. The van der Waals surface area contributed by atoms with E-state index in [9.17, 15) is 4.79 Å². The molecule has 2 aromatic rings. The molecule has 1 fully saturated rings. The van der Waals surface area contributed by atoms with E-state index < -0.39 is 0 Å². The lowest BCUT2D eigenvalue weighted by molar-refractivity contribution is 0.105. The SMILES string of the molecule is CCOC(=O)N1CCN(c2nc(C)cc(NCCc3ccc(OC)cc3)n2)CC1. The van der Waals surface area contributed by atoms with E-state index in [0.29, 0.717) is 38.7 Å². The van der Waals surface area contributed by atoms with E-state index in [1.807, 2.05) is 32.0 Å². The molecule has 29 heavy (non-hydrogen) atoms. The number of benzene rings is 1. The Bertz CT molecular complexity index is 804. The van der Waals surface area contributed by atoms with Crippen molar-refractivity contribution >= 4 is 17.9 Å². The van der Waals surface area contributed by atoms with E-state index in [1.165, 1.54) is 5.56 Å². The molecule has 1 N–H and O–H groups in total. The second-order valence-electron chi connectivity index (χ2n) is 6.89. The zero-order valence-corrected chi connectivity index (χ0v) is 17.4. The van der Waals surface area contributed by atoms with Crippen LogP contribution in [0.3, 0.4) is 0 Å². The van der Waals surface area contributed by atoms with Crippen LogP contribution in [0.15, 0.2) is 30.3 Å². The van der Waals surface area contributed by atoms with Crippen molar-refractivity contribution < 1.29 is 14.3 Å². The summed E-state index contributed by atoms with van der Waals surface area (Å²) < 4.78 is 10.3. The Morgan fingerprint density at radius 1 is 1.14 bits per heavy atom. The highest BCUT2D eigenvalue weighted by atomic mass is 16.6. The maximum absolute atomic E-state index is 11.9. The number of carbonyl (C=O) groups is 1. The minimum absolute atomic E-state index is 0.252. The summed E-state index contributed by atoms with van der Waals surface area (Å²) in [5, 5.41) is 3.39. The third-order valence-electron chi connectivity index (χ3n) is 4.81. The van der Waals surface area contributed by atoms with Crippen LogP contribution < -0.4 is 15.0 Å². The van der Waals surface area contributed by atoms with Crippen molar-refractivity contribution in [1.82, 2.24) is 14.9 Å². The number of nitrogens with one attached hydrogen (secondary N) is 1. The van der Waals surface area contributed by atoms with Crippen molar-refractivity contribution in [3.8, 4) is 5.75 Å². The Balaban J connectivity index is 1.55. The number of hydrogen-bond donors (Lipinski definition) is 1. The molecule has 156 valence electrons. The molecule has 1 amide bonds. The van der Waals surface area contributed by atoms with Gasteiger partial charge >= 0.3 is 6.09 Å². The molecule has 0 spiro atoms. The van der Waals surface area contributed by atoms with Crippen LogP contribution in [-0.2, 0) is 11.2 Å². The first-order chi connectivity index (χ1) is 14.1. The number of carbonyl (C=O) groups excluding carboxylic acids is 1. The molecule has 0 unspecified atom stereocenters. The minimum atomic E-state index is -0.252. The van der Waals surface area contributed by atoms with Crippen LogP contribution in [0.2, 0.25) is 0 Å². The maximum atomic E-state index is 11.9. The third kappa shape index (κ3) is 5.73. The van der Waals surface area contributed by atoms with Crippen LogP contribution in [0.4, 0.5) is 16.6 Å². The van der Waals surface area contributed by atoms with Crippen LogP contribution >= 0.6 is 0 Å². The van der Waals surface area contributed by atoms with Crippen molar-refractivity contribution in [3.05, 3.63) is 41.6 Å². The number of hydrogen-bond acceptors (Lipinski definition) is 7. The summed E-state index contributed by atoms with van der Waals surface area (Å²) in [6, 6.07) is 10.0. The first-order valence-electron chi connectivity index (χ1n) is 9.98. The van der Waals surface area contributed by atoms with E-state index in [-0.39, 0.29) is 6.09 Å². The Morgan fingerprint density at radius 2 is 1.86 bits per heavy atom. The van der Waals surface area contributed by atoms with Gasteiger partial charge in [0.2, 0.25) is 5.95 Å². The fraction of sp³-hybridized carbons (Fsp3) is 0.476. The zero-order chi connectivity index (χ0) is 20.6. The highest BCUT2D eigenvalue weighted by molar-refractivity contribution is 5.68. The zero-order valence-electron chi connectivity index (χ0n) is 17.4. The van der Waals surface area contributed by atoms with Gasteiger partial charge in [0.1, 0.15) is 11.6 Å². The van der Waals surface area contributed by atoms with Crippen molar-refractivity contribution in [3.63, 3.8) is 0 Å². The molecule has 1 saturated heterocycles. The number of piperazine rings is 1. The Kier molecular flexibility index (Phi) is 7.10. The van der Waals surface area contributed by atoms with Crippen LogP contribution in [0.1, 0.15) is 18.2 Å². The Hall–Kier alpha value is -3.03. The molecule has 0 atom stereocenters. The number of rotatable bonds is 7. The van der Waals surface area contributed by atoms with Crippen molar-refractivity contribution in [2.24, 2.45) is 0 Å². The van der Waals surface area contributed by atoms with E-state index in [2.05, 4.69) is 32.3 Å². The first kappa shape index (κ1) is 20.7. The lowest BCUT2D eigenvalue weighted by Gasteiger charge is -2.34. The first-order valence-corrected chi connectivity index (χ1v) is 9.98. The average Bonchev–Trinajstić information content (AvgIpc) is 2.74. The largest absolute Gasteiger partial charge is 0.497 e. The highest BCUT2D eigenvalue weighted by Crippen LogP contribution is 2.17. The number of aryl methyl sites for hydroxylation is 1. The van der Waals surface area contributed by atoms with Crippen molar-refractivity contribution in [2.75, 3.05) is 56.7 Å². The molecular formula is C21H29N5O3. The van der Waals surface area contributed by atoms with Crippen LogP contribution in [-0.4, -0.2) is 67.4 Å². The summed E-state index contributed by atoms with van der Waals surface area (Å²) in [4.78, 5) is 24.9. The van der Waals surface area contributed by atoms with E-state index in [4.69, 9.17) is 9.47 Å². The summed E-state index contributed by atoms with van der Waals surface area (Å²) in [6.07, 6.45) is 0.638. The molecule has 3 rings (SSSR count). The molecule has 0 radical (unpaired) electrons. The normalized spacial score (nSPS) is 13.9. The minimum Gasteiger partial charge on any atom is -0.497 e. The van der Waals surface area contributed by atoms with Crippen LogP contribution in [0.25, 0.3) is 0 Å². The van der Waals surface area contributed by atoms with Gasteiger partial charge in [-0.2, -0.15) is 4.98 Å². The van der Waals surface area contributed by atoms with Gasteiger partial charge in [0.25, 0.3) is 0 Å². The highest BCUT2D eigenvalue weighted by Gasteiger charge is 2.23. The molecule has 0 aliphatic carbocycles. The molecule has 2 heterocycles. The Labute approximate surface area is 171 Å². The molecule has 0 bridgehead atoms. The summed E-state index contributed by atoms with van der Waals surface area (Å²) in [6.45, 7) is 7.55. The summed E-state index contributed by atoms with van der Waals surface area (Å²) in [5.41, 5.74) is 2.15. The predicted molar refractivity (Wildman–Crippen MR) is 113 cm³/mol. The van der Waals surface area contributed by atoms with Gasteiger partial charge < -0.3 is 24.6 Å². The standard InChI is InChI=1S/C21H29N5O3/c1-4-29-21(27)26-13-11-25(12-14-26)20-23-16(2)15-19(24-20)22-10-9-17-5-7-18(28-3)8-6-17/h5-8,15H,4,9-14H2,1-3H3,(H,22,23,24). The Morgan fingerprint density at radius 3 is 2.52 bits per heavy atom. The second kappa shape index (κ2) is 9.95. The topological polar surface area (TPSA) is 79.8 Å².